The van der Waals surface area contributed by atoms with Gasteiger partial charge in [0.2, 0.25) is 0 Å². The van der Waals surface area contributed by atoms with Gasteiger partial charge in [-0.2, -0.15) is 0 Å². The summed E-state index contributed by atoms with van der Waals surface area (Å²) in [5, 5.41) is 9.88. The lowest BCUT2D eigenvalue weighted by Gasteiger charge is -2.25. The zero-order chi connectivity index (χ0) is 12.1. The summed E-state index contributed by atoms with van der Waals surface area (Å²) in [5.41, 5.74) is 0.794. The predicted octanol–water partition coefficient (Wildman–Crippen LogP) is 2.67. The first-order chi connectivity index (χ1) is 7.54. The van der Waals surface area contributed by atoms with Crippen molar-refractivity contribution in [1.29, 1.82) is 0 Å². The zero-order valence-corrected chi connectivity index (χ0v) is 10.2. The van der Waals surface area contributed by atoms with E-state index in [2.05, 4.69) is 6.92 Å². The highest BCUT2D eigenvalue weighted by atomic mass is 19.1. The summed E-state index contributed by atoms with van der Waals surface area (Å²) in [7, 11) is 1.86. The van der Waals surface area contributed by atoms with Crippen LogP contribution in [0.5, 0.6) is 0 Å². The van der Waals surface area contributed by atoms with Gasteiger partial charge in [0.05, 0.1) is 6.10 Å². The Hall–Kier alpha value is -1.09. The van der Waals surface area contributed by atoms with Crippen LogP contribution in [0.4, 0.5) is 10.1 Å². The van der Waals surface area contributed by atoms with Crippen molar-refractivity contribution in [2.24, 2.45) is 5.92 Å². The molecule has 1 aromatic carbocycles. The number of anilines is 1. The molecule has 0 aliphatic heterocycles. The van der Waals surface area contributed by atoms with E-state index in [4.69, 9.17) is 0 Å². The van der Waals surface area contributed by atoms with Crippen molar-refractivity contribution < 1.29 is 9.50 Å². The summed E-state index contributed by atoms with van der Waals surface area (Å²) in [6, 6.07) is 6.41. The number of nitrogens with zero attached hydrogens (tertiary/aromatic N) is 1. The first-order valence-electron chi connectivity index (χ1n) is 5.69. The fourth-order valence-electron chi connectivity index (χ4n) is 1.55. The lowest BCUT2D eigenvalue weighted by Crippen LogP contribution is -2.33. The van der Waals surface area contributed by atoms with Gasteiger partial charge in [0.25, 0.3) is 0 Å². The molecule has 0 bridgehead atoms. The minimum Gasteiger partial charge on any atom is -0.391 e. The smallest absolute Gasteiger partial charge is 0.125 e. The molecule has 1 aromatic rings. The number of likely N-dealkylation sites (N-methyl/N-ethyl adjacent to an activating group) is 1. The standard InChI is InChI=1S/C13H20FNO/c1-4-10(2)13(16)9-15(3)12-7-5-6-11(14)8-12/h5-8,10,13,16H,4,9H2,1-3H3. The Morgan fingerprint density at radius 1 is 1.44 bits per heavy atom. The monoisotopic (exact) mass is 225 g/mol. The van der Waals surface area contributed by atoms with Crippen LogP contribution in [0.3, 0.4) is 0 Å². The highest BCUT2D eigenvalue weighted by molar-refractivity contribution is 5.45. The van der Waals surface area contributed by atoms with E-state index in [1.165, 1.54) is 12.1 Å². The van der Waals surface area contributed by atoms with Crippen molar-refractivity contribution in [2.75, 3.05) is 18.5 Å². The third-order valence-corrected chi connectivity index (χ3v) is 3.01. The molecule has 0 spiro atoms. The fraction of sp³-hybridized carbons (Fsp3) is 0.538. The van der Waals surface area contributed by atoms with Gasteiger partial charge in [-0.15, -0.1) is 0 Å². The molecular weight excluding hydrogens is 205 g/mol. The molecule has 16 heavy (non-hydrogen) atoms. The zero-order valence-electron chi connectivity index (χ0n) is 10.2. The van der Waals surface area contributed by atoms with Crippen LogP contribution in [-0.4, -0.2) is 24.8 Å². The van der Waals surface area contributed by atoms with E-state index in [0.29, 0.717) is 6.54 Å². The lowest BCUT2D eigenvalue weighted by molar-refractivity contribution is 0.121. The van der Waals surface area contributed by atoms with Crippen LogP contribution in [0.25, 0.3) is 0 Å². The van der Waals surface area contributed by atoms with Crippen LogP contribution in [0.2, 0.25) is 0 Å². The largest absolute Gasteiger partial charge is 0.391 e. The van der Waals surface area contributed by atoms with Gasteiger partial charge in [0.1, 0.15) is 5.82 Å². The maximum Gasteiger partial charge on any atom is 0.125 e. The Balaban J connectivity index is 2.61. The van der Waals surface area contributed by atoms with E-state index in [1.807, 2.05) is 24.9 Å². The number of aliphatic hydroxyl groups is 1. The average molecular weight is 225 g/mol. The van der Waals surface area contributed by atoms with E-state index in [9.17, 15) is 9.50 Å². The highest BCUT2D eigenvalue weighted by Gasteiger charge is 2.14. The molecule has 0 saturated heterocycles. The fourth-order valence-corrected chi connectivity index (χ4v) is 1.55. The first kappa shape index (κ1) is 13.0. The third-order valence-electron chi connectivity index (χ3n) is 3.01. The summed E-state index contributed by atoms with van der Waals surface area (Å²) in [5.74, 6) is 0.0124. The van der Waals surface area contributed by atoms with Gasteiger partial charge in [-0.05, 0) is 24.1 Å². The van der Waals surface area contributed by atoms with Gasteiger partial charge >= 0.3 is 0 Å². The van der Waals surface area contributed by atoms with Crippen molar-refractivity contribution in [3.05, 3.63) is 30.1 Å². The quantitative estimate of drug-likeness (QED) is 0.832. The minimum atomic E-state index is -0.377. The Morgan fingerprint density at radius 2 is 2.12 bits per heavy atom. The van der Waals surface area contributed by atoms with Crippen molar-refractivity contribution in [3.8, 4) is 0 Å². The maximum absolute atomic E-state index is 13.0. The van der Waals surface area contributed by atoms with Crippen molar-refractivity contribution in [3.63, 3.8) is 0 Å². The van der Waals surface area contributed by atoms with Crippen LogP contribution in [0.15, 0.2) is 24.3 Å². The van der Waals surface area contributed by atoms with E-state index in [0.717, 1.165) is 12.1 Å². The Bertz CT molecular complexity index is 329. The number of hydrogen-bond donors (Lipinski definition) is 1. The molecule has 0 aliphatic carbocycles. The predicted molar refractivity (Wildman–Crippen MR) is 65.1 cm³/mol. The van der Waals surface area contributed by atoms with Gasteiger partial charge in [0, 0.05) is 19.3 Å². The maximum atomic E-state index is 13.0. The number of hydrogen-bond acceptors (Lipinski definition) is 2. The van der Waals surface area contributed by atoms with Crippen LogP contribution in [0, 0.1) is 11.7 Å². The highest BCUT2D eigenvalue weighted by Crippen LogP contribution is 2.16. The SMILES string of the molecule is CCC(C)C(O)CN(C)c1cccc(F)c1. The van der Waals surface area contributed by atoms with Crippen molar-refractivity contribution >= 4 is 5.69 Å². The van der Waals surface area contributed by atoms with Crippen molar-refractivity contribution in [2.45, 2.75) is 26.4 Å². The molecule has 1 rings (SSSR count). The summed E-state index contributed by atoms with van der Waals surface area (Å²) < 4.78 is 13.0. The number of rotatable bonds is 5. The molecule has 90 valence electrons. The molecule has 2 atom stereocenters. The number of benzene rings is 1. The van der Waals surface area contributed by atoms with Gasteiger partial charge in [-0.1, -0.05) is 26.3 Å². The van der Waals surface area contributed by atoms with Gasteiger partial charge in [-0.25, -0.2) is 4.39 Å². The third kappa shape index (κ3) is 3.49. The van der Waals surface area contributed by atoms with E-state index >= 15 is 0 Å². The second-order valence-corrected chi connectivity index (χ2v) is 4.31. The van der Waals surface area contributed by atoms with E-state index in [-0.39, 0.29) is 17.8 Å². The summed E-state index contributed by atoms with van der Waals surface area (Å²) in [4.78, 5) is 1.87. The Morgan fingerprint density at radius 3 is 2.69 bits per heavy atom. The van der Waals surface area contributed by atoms with Gasteiger partial charge < -0.3 is 10.0 Å². The van der Waals surface area contributed by atoms with Crippen LogP contribution in [-0.2, 0) is 0 Å². The molecule has 1 N–H and O–H groups in total. The van der Waals surface area contributed by atoms with Crippen LogP contribution < -0.4 is 4.90 Å². The van der Waals surface area contributed by atoms with Crippen molar-refractivity contribution in [1.82, 2.24) is 0 Å². The summed E-state index contributed by atoms with van der Waals surface area (Å²) in [6.45, 7) is 4.60. The normalized spacial score (nSPS) is 14.6. The molecule has 2 nitrogen and oxygen atoms in total. The Labute approximate surface area is 96.7 Å². The first-order valence-corrected chi connectivity index (χ1v) is 5.69. The second-order valence-electron chi connectivity index (χ2n) is 4.31. The number of aliphatic hydroxyl groups excluding tert-OH is 1. The molecule has 3 heteroatoms. The average Bonchev–Trinajstić information content (AvgIpc) is 2.27. The summed E-state index contributed by atoms with van der Waals surface area (Å²) in [6.07, 6.45) is 0.566. The molecule has 2 unspecified atom stereocenters. The van der Waals surface area contributed by atoms with E-state index in [1.54, 1.807) is 6.07 Å². The molecule has 0 saturated carbocycles. The molecule has 0 heterocycles. The number of halogens is 1. The molecule has 0 radical (unpaired) electrons. The van der Waals surface area contributed by atoms with E-state index < -0.39 is 0 Å². The van der Waals surface area contributed by atoms with Gasteiger partial charge in [0.15, 0.2) is 0 Å². The van der Waals surface area contributed by atoms with Gasteiger partial charge in [-0.3, -0.25) is 0 Å². The van der Waals surface area contributed by atoms with Crippen LogP contribution >= 0.6 is 0 Å². The molecule has 0 aromatic heterocycles. The Kier molecular flexibility index (Phi) is 4.74. The summed E-state index contributed by atoms with van der Waals surface area (Å²) >= 11 is 0. The molecular formula is C13H20FNO. The topological polar surface area (TPSA) is 23.5 Å². The van der Waals surface area contributed by atoms with Crippen LogP contribution in [0.1, 0.15) is 20.3 Å². The lowest BCUT2D eigenvalue weighted by atomic mass is 10.0. The molecule has 0 aliphatic rings. The molecule has 0 fully saturated rings. The molecule has 0 amide bonds. The second kappa shape index (κ2) is 5.85. The minimum absolute atomic E-state index is 0.248.